The molecule has 0 saturated heterocycles. The van der Waals surface area contributed by atoms with Gasteiger partial charge in [-0.1, -0.05) is 15.9 Å². The van der Waals surface area contributed by atoms with Crippen LogP contribution >= 0.6 is 15.9 Å². The van der Waals surface area contributed by atoms with Crippen LogP contribution in [0.5, 0.6) is 0 Å². The third-order valence-corrected chi connectivity index (χ3v) is 2.79. The van der Waals surface area contributed by atoms with Crippen LogP contribution in [0.25, 0.3) is 5.69 Å². The highest BCUT2D eigenvalue weighted by molar-refractivity contribution is 9.10. The van der Waals surface area contributed by atoms with Crippen LogP contribution in [0.2, 0.25) is 0 Å². The molecule has 16 heavy (non-hydrogen) atoms. The molecule has 2 rings (SSSR count). The molecule has 1 aromatic heterocycles. The average Bonchev–Trinajstić information content (AvgIpc) is 2.70. The molecule has 0 radical (unpaired) electrons. The Balaban J connectivity index is 2.58. The lowest BCUT2D eigenvalue weighted by molar-refractivity contribution is 0.612. The number of aromatic nitrogens is 2. The van der Waals surface area contributed by atoms with Crippen LogP contribution in [0.3, 0.4) is 0 Å². The minimum atomic E-state index is -0.303. The summed E-state index contributed by atoms with van der Waals surface area (Å²) < 4.78 is 16.1. The number of halogens is 2. The van der Waals surface area contributed by atoms with Crippen molar-refractivity contribution in [1.29, 1.82) is 0 Å². The zero-order valence-corrected chi connectivity index (χ0v) is 10.3. The SMILES string of the molecule is C[C@H](N)c1cncn1-c1cc(Br)ccc1F. The third kappa shape index (κ3) is 2.01. The zero-order chi connectivity index (χ0) is 11.7. The van der Waals surface area contributed by atoms with Crippen LogP contribution in [0, 0.1) is 5.82 Å². The van der Waals surface area contributed by atoms with Crippen molar-refractivity contribution in [2.24, 2.45) is 5.73 Å². The topological polar surface area (TPSA) is 43.8 Å². The van der Waals surface area contributed by atoms with E-state index in [1.54, 1.807) is 29.2 Å². The van der Waals surface area contributed by atoms with Crippen molar-refractivity contribution in [3.8, 4) is 5.69 Å². The first-order valence-corrected chi connectivity index (χ1v) is 5.62. The van der Waals surface area contributed by atoms with Crippen molar-refractivity contribution in [1.82, 2.24) is 9.55 Å². The molecular weight excluding hydrogens is 273 g/mol. The summed E-state index contributed by atoms with van der Waals surface area (Å²) in [6.45, 7) is 1.84. The summed E-state index contributed by atoms with van der Waals surface area (Å²) in [5.41, 5.74) is 7.01. The first kappa shape index (κ1) is 11.3. The molecule has 0 unspecified atom stereocenters. The molecule has 0 bridgehead atoms. The predicted molar refractivity (Wildman–Crippen MR) is 63.8 cm³/mol. The van der Waals surface area contributed by atoms with Crippen LogP contribution in [0.4, 0.5) is 4.39 Å². The van der Waals surface area contributed by atoms with Crippen molar-refractivity contribution in [2.75, 3.05) is 0 Å². The van der Waals surface area contributed by atoms with Gasteiger partial charge in [-0.2, -0.15) is 0 Å². The molecule has 84 valence electrons. The number of benzene rings is 1. The van der Waals surface area contributed by atoms with Crippen LogP contribution in [-0.2, 0) is 0 Å². The largest absolute Gasteiger partial charge is 0.323 e. The van der Waals surface area contributed by atoms with E-state index in [9.17, 15) is 4.39 Å². The highest BCUT2D eigenvalue weighted by Crippen LogP contribution is 2.22. The average molecular weight is 284 g/mol. The van der Waals surface area contributed by atoms with E-state index >= 15 is 0 Å². The van der Waals surface area contributed by atoms with Gasteiger partial charge in [0.25, 0.3) is 0 Å². The Morgan fingerprint density at radius 2 is 2.25 bits per heavy atom. The van der Waals surface area contributed by atoms with Gasteiger partial charge in [0.05, 0.1) is 23.9 Å². The minimum absolute atomic E-state index is 0.194. The minimum Gasteiger partial charge on any atom is -0.323 e. The molecule has 1 aromatic carbocycles. The molecule has 0 aliphatic carbocycles. The van der Waals surface area contributed by atoms with E-state index in [1.165, 1.54) is 6.07 Å². The summed E-state index contributed by atoms with van der Waals surface area (Å²) in [6, 6.07) is 4.56. The number of hydrogen-bond donors (Lipinski definition) is 1. The van der Waals surface area contributed by atoms with Crippen molar-refractivity contribution in [3.63, 3.8) is 0 Å². The third-order valence-electron chi connectivity index (χ3n) is 2.30. The van der Waals surface area contributed by atoms with Crippen LogP contribution in [0.15, 0.2) is 35.2 Å². The quantitative estimate of drug-likeness (QED) is 0.921. The molecule has 0 aliphatic heterocycles. The Hall–Kier alpha value is -1.20. The van der Waals surface area contributed by atoms with E-state index in [1.807, 2.05) is 6.92 Å². The van der Waals surface area contributed by atoms with Crippen LogP contribution < -0.4 is 5.73 Å². The molecule has 2 aromatic rings. The first-order valence-electron chi connectivity index (χ1n) is 4.83. The van der Waals surface area contributed by atoms with Gasteiger partial charge in [0, 0.05) is 10.5 Å². The predicted octanol–water partition coefficient (Wildman–Crippen LogP) is 2.79. The number of imidazole rings is 1. The Labute approximate surface area is 101 Å². The van der Waals surface area contributed by atoms with Gasteiger partial charge in [-0.25, -0.2) is 9.37 Å². The van der Waals surface area contributed by atoms with E-state index in [0.29, 0.717) is 5.69 Å². The summed E-state index contributed by atoms with van der Waals surface area (Å²) in [5, 5.41) is 0. The van der Waals surface area contributed by atoms with E-state index < -0.39 is 0 Å². The molecule has 2 N–H and O–H groups in total. The number of hydrogen-bond acceptors (Lipinski definition) is 2. The maximum atomic E-state index is 13.7. The smallest absolute Gasteiger partial charge is 0.147 e. The Kier molecular flexibility index (Phi) is 3.07. The zero-order valence-electron chi connectivity index (χ0n) is 8.69. The molecular formula is C11H11BrFN3. The number of nitrogens with zero attached hydrogens (tertiary/aromatic N) is 2. The Morgan fingerprint density at radius 1 is 1.50 bits per heavy atom. The Morgan fingerprint density at radius 3 is 2.94 bits per heavy atom. The van der Waals surface area contributed by atoms with Crippen LogP contribution in [0.1, 0.15) is 18.7 Å². The lowest BCUT2D eigenvalue weighted by Gasteiger charge is -2.11. The molecule has 3 nitrogen and oxygen atoms in total. The summed E-state index contributed by atoms with van der Waals surface area (Å²) in [6.07, 6.45) is 3.20. The van der Waals surface area contributed by atoms with E-state index in [2.05, 4.69) is 20.9 Å². The molecule has 5 heteroatoms. The monoisotopic (exact) mass is 283 g/mol. The van der Waals surface area contributed by atoms with Gasteiger partial charge in [-0.3, -0.25) is 4.57 Å². The summed E-state index contributed by atoms with van der Waals surface area (Å²) >= 11 is 3.31. The van der Waals surface area contributed by atoms with Gasteiger partial charge in [-0.15, -0.1) is 0 Å². The second-order valence-electron chi connectivity index (χ2n) is 3.57. The summed E-state index contributed by atoms with van der Waals surface area (Å²) in [5.74, 6) is -0.303. The second-order valence-corrected chi connectivity index (χ2v) is 4.49. The fourth-order valence-corrected chi connectivity index (χ4v) is 1.86. The first-order chi connectivity index (χ1) is 7.59. The van der Waals surface area contributed by atoms with E-state index in [-0.39, 0.29) is 11.9 Å². The number of nitrogens with two attached hydrogens (primary N) is 1. The molecule has 1 atom stereocenters. The second kappa shape index (κ2) is 4.35. The standard InChI is InChI=1S/C11H11BrFN3/c1-7(14)11-5-15-6-16(11)10-4-8(12)2-3-9(10)13/h2-7H,14H2,1H3/t7-/m0/s1. The molecule has 0 aliphatic rings. The molecule has 0 saturated carbocycles. The van der Waals surface area contributed by atoms with E-state index in [4.69, 9.17) is 5.73 Å². The molecule has 0 amide bonds. The fraction of sp³-hybridized carbons (Fsp3) is 0.182. The molecule has 0 spiro atoms. The Bertz CT molecular complexity index is 508. The van der Waals surface area contributed by atoms with E-state index in [0.717, 1.165) is 10.2 Å². The highest BCUT2D eigenvalue weighted by Gasteiger charge is 2.11. The van der Waals surface area contributed by atoms with Crippen molar-refractivity contribution in [2.45, 2.75) is 13.0 Å². The summed E-state index contributed by atoms with van der Waals surface area (Å²) in [7, 11) is 0. The fourth-order valence-electron chi connectivity index (χ4n) is 1.51. The van der Waals surface area contributed by atoms with Gasteiger partial charge in [0.15, 0.2) is 0 Å². The normalized spacial score (nSPS) is 12.8. The molecule has 0 fully saturated rings. The summed E-state index contributed by atoms with van der Waals surface area (Å²) in [4.78, 5) is 3.99. The van der Waals surface area contributed by atoms with Gasteiger partial charge < -0.3 is 5.73 Å². The van der Waals surface area contributed by atoms with Gasteiger partial charge in [0.1, 0.15) is 5.82 Å². The lowest BCUT2D eigenvalue weighted by Crippen LogP contribution is -2.11. The lowest BCUT2D eigenvalue weighted by atomic mass is 10.2. The van der Waals surface area contributed by atoms with Gasteiger partial charge >= 0.3 is 0 Å². The van der Waals surface area contributed by atoms with Crippen molar-refractivity contribution < 1.29 is 4.39 Å². The molecule has 1 heterocycles. The highest BCUT2D eigenvalue weighted by atomic mass is 79.9. The van der Waals surface area contributed by atoms with Gasteiger partial charge in [-0.05, 0) is 25.1 Å². The van der Waals surface area contributed by atoms with Gasteiger partial charge in [0.2, 0.25) is 0 Å². The maximum absolute atomic E-state index is 13.7. The maximum Gasteiger partial charge on any atom is 0.147 e. The van der Waals surface area contributed by atoms with Crippen molar-refractivity contribution >= 4 is 15.9 Å². The van der Waals surface area contributed by atoms with Crippen LogP contribution in [-0.4, -0.2) is 9.55 Å². The number of rotatable bonds is 2. The van der Waals surface area contributed by atoms with Crippen molar-refractivity contribution in [3.05, 3.63) is 46.7 Å².